The number of ketones is 1. The zero-order valence-corrected chi connectivity index (χ0v) is 17.9. The highest BCUT2D eigenvalue weighted by atomic mass is 16.4. The number of unbranched alkanes of at least 4 members (excludes halogenated alkanes) is 1. The van der Waals surface area contributed by atoms with E-state index in [2.05, 4.69) is 6.92 Å². The van der Waals surface area contributed by atoms with Crippen molar-refractivity contribution in [2.45, 2.75) is 58.4 Å². The monoisotopic (exact) mass is 416 g/mol. The molecule has 0 amide bonds. The van der Waals surface area contributed by atoms with Gasteiger partial charge in [-0.2, -0.15) is 0 Å². The van der Waals surface area contributed by atoms with E-state index in [4.69, 9.17) is 4.98 Å². The van der Waals surface area contributed by atoms with Crippen molar-refractivity contribution in [1.82, 2.24) is 9.55 Å². The van der Waals surface area contributed by atoms with Crippen LogP contribution in [0.1, 0.15) is 77.0 Å². The Morgan fingerprint density at radius 3 is 2.61 bits per heavy atom. The first-order valence-corrected chi connectivity index (χ1v) is 11.1. The quantitative estimate of drug-likeness (QED) is 0.513. The summed E-state index contributed by atoms with van der Waals surface area (Å²) in [7, 11) is 0. The van der Waals surface area contributed by atoms with Gasteiger partial charge < -0.3 is 9.67 Å². The predicted molar refractivity (Wildman–Crippen MR) is 121 cm³/mol. The van der Waals surface area contributed by atoms with Gasteiger partial charge in [-0.15, -0.1) is 0 Å². The third-order valence-corrected chi connectivity index (χ3v) is 5.94. The van der Waals surface area contributed by atoms with Gasteiger partial charge >= 0.3 is 5.97 Å². The van der Waals surface area contributed by atoms with Crippen molar-refractivity contribution in [2.75, 3.05) is 0 Å². The summed E-state index contributed by atoms with van der Waals surface area (Å²) in [6.45, 7) is 2.60. The molecule has 0 radical (unpaired) electrons. The Kier molecular flexibility index (Phi) is 6.31. The van der Waals surface area contributed by atoms with E-state index in [1.54, 1.807) is 6.07 Å². The second-order valence-corrected chi connectivity index (χ2v) is 8.19. The first kappa shape index (κ1) is 21.0. The third kappa shape index (κ3) is 4.46. The summed E-state index contributed by atoms with van der Waals surface area (Å²) in [5, 5.41) is 9.85. The van der Waals surface area contributed by atoms with Crippen LogP contribution in [0.2, 0.25) is 0 Å². The van der Waals surface area contributed by atoms with E-state index in [0.29, 0.717) is 18.5 Å². The lowest BCUT2D eigenvalue weighted by atomic mass is 9.97. The highest BCUT2D eigenvalue weighted by molar-refractivity contribution is 5.97. The van der Waals surface area contributed by atoms with E-state index < -0.39 is 5.97 Å². The smallest absolute Gasteiger partial charge is 0.336 e. The molecule has 0 bridgehead atoms. The van der Waals surface area contributed by atoms with Crippen molar-refractivity contribution in [3.8, 4) is 11.1 Å². The van der Waals surface area contributed by atoms with E-state index in [0.717, 1.165) is 66.9 Å². The zero-order valence-electron chi connectivity index (χ0n) is 17.9. The van der Waals surface area contributed by atoms with Crippen molar-refractivity contribution in [2.24, 2.45) is 0 Å². The number of carboxylic acids is 1. The van der Waals surface area contributed by atoms with Crippen molar-refractivity contribution in [3.05, 3.63) is 76.9 Å². The summed E-state index contributed by atoms with van der Waals surface area (Å²) < 4.78 is 2.04. The second kappa shape index (κ2) is 9.29. The normalized spacial score (nSPS) is 13.6. The molecule has 2 aromatic carbocycles. The molecule has 160 valence electrons. The Hall–Kier alpha value is -3.21. The first-order valence-electron chi connectivity index (χ1n) is 11.1. The zero-order chi connectivity index (χ0) is 21.8. The van der Waals surface area contributed by atoms with Gasteiger partial charge in [-0.05, 0) is 48.4 Å². The van der Waals surface area contributed by atoms with Crippen molar-refractivity contribution in [3.63, 3.8) is 0 Å². The number of aryl methyl sites for hydroxylation is 2. The number of hydrogen-bond donors (Lipinski definition) is 1. The van der Waals surface area contributed by atoms with Gasteiger partial charge in [0.05, 0.1) is 11.3 Å². The summed E-state index contributed by atoms with van der Waals surface area (Å²) >= 11 is 0. The molecule has 0 atom stereocenters. The minimum Gasteiger partial charge on any atom is -0.478 e. The molecule has 4 rings (SSSR count). The summed E-state index contributed by atoms with van der Waals surface area (Å²) in [5.74, 6) is 0.140. The number of carbonyl (C=O) groups excluding carboxylic acids is 1. The Morgan fingerprint density at radius 1 is 1.10 bits per heavy atom. The summed E-state index contributed by atoms with van der Waals surface area (Å²) in [6.07, 6.45) is 6.16. The SMILES string of the molecule is CCCCc1nc2c(n1Cc1ccc(-c3ccccc3)c(C(=O)O)c1)C(=O)CCCC2. The summed E-state index contributed by atoms with van der Waals surface area (Å²) in [4.78, 5) is 29.7. The van der Waals surface area contributed by atoms with Gasteiger partial charge in [0, 0.05) is 19.4 Å². The largest absolute Gasteiger partial charge is 0.478 e. The fourth-order valence-electron chi connectivity index (χ4n) is 4.35. The maximum Gasteiger partial charge on any atom is 0.336 e. The van der Waals surface area contributed by atoms with Crippen LogP contribution in [0.5, 0.6) is 0 Å². The molecule has 1 heterocycles. The van der Waals surface area contributed by atoms with Crippen molar-refractivity contribution < 1.29 is 14.7 Å². The average Bonchev–Trinajstić information content (AvgIpc) is 3.01. The Balaban J connectivity index is 1.75. The van der Waals surface area contributed by atoms with Crippen LogP contribution in [0.15, 0.2) is 48.5 Å². The third-order valence-electron chi connectivity index (χ3n) is 5.94. The van der Waals surface area contributed by atoms with Crippen LogP contribution in [0, 0.1) is 0 Å². The van der Waals surface area contributed by atoms with Crippen LogP contribution in [0.3, 0.4) is 0 Å². The minimum absolute atomic E-state index is 0.155. The number of nitrogens with zero attached hydrogens (tertiary/aromatic N) is 2. The van der Waals surface area contributed by atoms with Crippen LogP contribution in [0.25, 0.3) is 11.1 Å². The van der Waals surface area contributed by atoms with E-state index >= 15 is 0 Å². The number of aromatic carboxylic acids is 1. The Morgan fingerprint density at radius 2 is 1.87 bits per heavy atom. The molecular weight excluding hydrogens is 388 g/mol. The van der Waals surface area contributed by atoms with Crippen LogP contribution in [-0.4, -0.2) is 26.4 Å². The second-order valence-electron chi connectivity index (χ2n) is 8.19. The van der Waals surface area contributed by atoms with Gasteiger partial charge in [-0.3, -0.25) is 4.79 Å². The molecule has 1 aromatic heterocycles. The first-order chi connectivity index (χ1) is 15.1. The minimum atomic E-state index is -0.951. The molecule has 1 aliphatic rings. The predicted octanol–water partition coefficient (Wildman–Crippen LogP) is 5.55. The summed E-state index contributed by atoms with van der Waals surface area (Å²) in [5.41, 5.74) is 4.36. The molecular formula is C26H28N2O3. The van der Waals surface area contributed by atoms with E-state index in [1.165, 1.54) is 0 Å². The number of carboxylic acid groups (broad SMARTS) is 1. The standard InChI is InChI=1S/C26H28N2O3/c1-2-3-13-24-27-22-11-7-8-12-23(29)25(22)28(24)17-18-14-15-20(21(16-18)26(30)31)19-9-5-4-6-10-19/h4-6,9-10,14-16H,2-3,7-8,11-13,17H2,1H3,(H,30,31). The molecule has 5 nitrogen and oxygen atoms in total. The van der Waals surface area contributed by atoms with Gasteiger partial charge in [0.1, 0.15) is 11.5 Å². The van der Waals surface area contributed by atoms with Crippen LogP contribution >= 0.6 is 0 Å². The number of carbonyl (C=O) groups is 2. The van der Waals surface area contributed by atoms with Crippen molar-refractivity contribution in [1.29, 1.82) is 0 Å². The van der Waals surface area contributed by atoms with E-state index in [9.17, 15) is 14.7 Å². The van der Waals surface area contributed by atoms with Gasteiger partial charge in [-0.1, -0.05) is 55.8 Å². The molecule has 5 heteroatoms. The van der Waals surface area contributed by atoms with Crippen LogP contribution in [0.4, 0.5) is 0 Å². The fraction of sp³-hybridized carbons (Fsp3) is 0.346. The molecule has 0 spiro atoms. The maximum absolute atomic E-state index is 12.9. The topological polar surface area (TPSA) is 72.2 Å². The van der Waals surface area contributed by atoms with Gasteiger partial charge in [0.25, 0.3) is 0 Å². The number of rotatable bonds is 7. The van der Waals surface area contributed by atoms with Gasteiger partial charge in [-0.25, -0.2) is 9.78 Å². The number of hydrogen-bond acceptors (Lipinski definition) is 3. The Labute approximate surface area is 182 Å². The number of benzene rings is 2. The summed E-state index contributed by atoms with van der Waals surface area (Å²) in [6, 6.07) is 15.1. The lowest BCUT2D eigenvalue weighted by molar-refractivity contribution is 0.0697. The van der Waals surface area contributed by atoms with Crippen molar-refractivity contribution >= 4 is 11.8 Å². The highest BCUT2D eigenvalue weighted by Crippen LogP contribution is 2.27. The van der Waals surface area contributed by atoms with Crippen LogP contribution < -0.4 is 0 Å². The molecule has 0 aliphatic heterocycles. The number of Topliss-reactive ketones (excluding diaryl/α,β-unsaturated/α-hetero) is 1. The lowest BCUT2D eigenvalue weighted by Gasteiger charge is -2.14. The molecule has 0 saturated heterocycles. The van der Waals surface area contributed by atoms with Crippen LogP contribution in [-0.2, 0) is 19.4 Å². The maximum atomic E-state index is 12.9. The fourth-order valence-corrected chi connectivity index (χ4v) is 4.35. The van der Waals surface area contributed by atoms with E-state index in [-0.39, 0.29) is 11.3 Å². The van der Waals surface area contributed by atoms with Gasteiger partial charge in [0.15, 0.2) is 5.78 Å². The molecule has 0 fully saturated rings. The lowest BCUT2D eigenvalue weighted by Crippen LogP contribution is -2.14. The molecule has 1 N–H and O–H groups in total. The number of aromatic nitrogens is 2. The van der Waals surface area contributed by atoms with Gasteiger partial charge in [0.2, 0.25) is 0 Å². The molecule has 31 heavy (non-hydrogen) atoms. The highest BCUT2D eigenvalue weighted by Gasteiger charge is 2.25. The average molecular weight is 417 g/mol. The molecule has 1 aliphatic carbocycles. The number of fused-ring (bicyclic) bond motifs is 1. The van der Waals surface area contributed by atoms with E-state index in [1.807, 2.05) is 47.0 Å². The molecule has 3 aromatic rings. The molecule has 0 saturated carbocycles. The number of imidazole rings is 1. The Bertz CT molecular complexity index is 1100. The molecule has 0 unspecified atom stereocenters.